The van der Waals surface area contributed by atoms with Gasteiger partial charge in [0.2, 0.25) is 0 Å². The first kappa shape index (κ1) is 20.9. The molecule has 1 aromatic heterocycles. The summed E-state index contributed by atoms with van der Waals surface area (Å²) in [6.45, 7) is 0. The first-order valence-corrected chi connectivity index (χ1v) is 11.1. The Morgan fingerprint density at radius 2 is 1.81 bits per heavy atom. The van der Waals surface area contributed by atoms with E-state index in [9.17, 15) is 13.2 Å². The van der Waals surface area contributed by atoms with Crippen LogP contribution in [-0.2, 0) is 16.4 Å². The van der Waals surface area contributed by atoms with Crippen molar-refractivity contribution in [2.24, 2.45) is 0 Å². The van der Waals surface area contributed by atoms with Crippen molar-refractivity contribution >= 4 is 44.1 Å². The summed E-state index contributed by atoms with van der Waals surface area (Å²) >= 11 is 6.08. The Hall–Kier alpha value is -3.33. The van der Waals surface area contributed by atoms with Crippen LogP contribution in [0.15, 0.2) is 77.8 Å². The van der Waals surface area contributed by atoms with Crippen molar-refractivity contribution in [1.29, 1.82) is 0 Å². The SMILES string of the molecule is O=C(NO)c1ccc(S(=O)(=O)Nc2ccc3[nH]cc(Cc4cccc(Cl)c4)c3c2)cc1. The average Bonchev–Trinajstić information content (AvgIpc) is 3.15. The number of carbonyl (C=O) groups is 1. The zero-order valence-corrected chi connectivity index (χ0v) is 17.7. The Labute approximate surface area is 183 Å². The van der Waals surface area contributed by atoms with Gasteiger partial charge in [-0.05, 0) is 72.1 Å². The predicted molar refractivity (Wildman–Crippen MR) is 119 cm³/mol. The fraction of sp³-hybridized carbons (Fsp3) is 0.0455. The molecule has 0 atom stereocenters. The zero-order chi connectivity index (χ0) is 22.0. The van der Waals surface area contributed by atoms with Crippen LogP contribution in [-0.4, -0.2) is 24.5 Å². The van der Waals surface area contributed by atoms with E-state index in [-0.39, 0.29) is 10.5 Å². The lowest BCUT2D eigenvalue weighted by Crippen LogP contribution is -2.19. The maximum atomic E-state index is 12.8. The first-order valence-electron chi connectivity index (χ1n) is 9.27. The maximum absolute atomic E-state index is 12.8. The van der Waals surface area contributed by atoms with Gasteiger partial charge in [0.1, 0.15) is 0 Å². The predicted octanol–water partition coefficient (Wildman–Crippen LogP) is 4.33. The molecule has 0 bridgehead atoms. The molecule has 0 spiro atoms. The molecule has 1 amide bonds. The Balaban J connectivity index is 1.60. The highest BCUT2D eigenvalue weighted by Gasteiger charge is 2.16. The number of rotatable bonds is 6. The molecular weight excluding hydrogens is 438 g/mol. The Morgan fingerprint density at radius 3 is 2.52 bits per heavy atom. The Bertz CT molecular complexity index is 1370. The number of benzene rings is 3. The lowest BCUT2D eigenvalue weighted by molar-refractivity contribution is 0.0706. The van der Waals surface area contributed by atoms with Crippen LogP contribution < -0.4 is 10.2 Å². The minimum absolute atomic E-state index is 0.00435. The summed E-state index contributed by atoms with van der Waals surface area (Å²) in [5, 5.41) is 10.2. The molecule has 7 nitrogen and oxygen atoms in total. The summed E-state index contributed by atoms with van der Waals surface area (Å²) in [6.07, 6.45) is 2.54. The molecule has 1 heterocycles. The highest BCUT2D eigenvalue weighted by Crippen LogP contribution is 2.26. The van der Waals surface area contributed by atoms with Crippen LogP contribution >= 0.6 is 11.6 Å². The van der Waals surface area contributed by atoms with Crippen molar-refractivity contribution in [3.8, 4) is 0 Å². The van der Waals surface area contributed by atoms with Crippen molar-refractivity contribution in [2.45, 2.75) is 11.3 Å². The molecule has 4 rings (SSSR count). The lowest BCUT2D eigenvalue weighted by atomic mass is 10.0. The van der Waals surface area contributed by atoms with Crippen LogP contribution in [0.25, 0.3) is 10.9 Å². The van der Waals surface area contributed by atoms with Crippen LogP contribution in [0.3, 0.4) is 0 Å². The van der Waals surface area contributed by atoms with Gasteiger partial charge in [-0.2, -0.15) is 0 Å². The second-order valence-corrected chi connectivity index (χ2v) is 9.07. The quantitative estimate of drug-likeness (QED) is 0.256. The Morgan fingerprint density at radius 1 is 1.03 bits per heavy atom. The summed E-state index contributed by atoms with van der Waals surface area (Å²) in [7, 11) is -3.86. The summed E-state index contributed by atoms with van der Waals surface area (Å²) in [6, 6.07) is 18.1. The Kier molecular flexibility index (Phi) is 5.69. The number of H-pyrrole nitrogens is 1. The van der Waals surface area contributed by atoms with Gasteiger partial charge < -0.3 is 4.98 Å². The number of nitrogens with one attached hydrogen (secondary N) is 3. The van der Waals surface area contributed by atoms with Crippen molar-refractivity contribution in [1.82, 2.24) is 10.5 Å². The number of amides is 1. The van der Waals surface area contributed by atoms with Crippen LogP contribution in [0.2, 0.25) is 5.02 Å². The van der Waals surface area contributed by atoms with E-state index in [1.165, 1.54) is 29.7 Å². The largest absolute Gasteiger partial charge is 0.361 e. The number of aromatic nitrogens is 1. The highest BCUT2D eigenvalue weighted by molar-refractivity contribution is 7.92. The average molecular weight is 456 g/mol. The number of anilines is 1. The van der Waals surface area contributed by atoms with Crippen LogP contribution in [0, 0.1) is 0 Å². The molecule has 9 heteroatoms. The molecule has 0 saturated carbocycles. The number of hydroxylamine groups is 1. The van der Waals surface area contributed by atoms with Gasteiger partial charge in [-0.1, -0.05) is 23.7 Å². The third-order valence-corrected chi connectivity index (χ3v) is 6.46. The van der Waals surface area contributed by atoms with Gasteiger partial charge in [-0.25, -0.2) is 13.9 Å². The van der Waals surface area contributed by atoms with E-state index < -0.39 is 15.9 Å². The number of hydrogen-bond donors (Lipinski definition) is 4. The van der Waals surface area contributed by atoms with Gasteiger partial charge in [0, 0.05) is 33.4 Å². The molecule has 0 unspecified atom stereocenters. The molecule has 0 fully saturated rings. The second kappa shape index (κ2) is 8.43. The van der Waals surface area contributed by atoms with Crippen LogP contribution in [0.1, 0.15) is 21.5 Å². The summed E-state index contributed by atoms with van der Waals surface area (Å²) in [4.78, 5) is 14.6. The van der Waals surface area contributed by atoms with E-state index in [0.29, 0.717) is 17.1 Å². The first-order chi connectivity index (χ1) is 14.9. The van der Waals surface area contributed by atoms with Crippen LogP contribution in [0.5, 0.6) is 0 Å². The minimum atomic E-state index is -3.86. The summed E-state index contributed by atoms with van der Waals surface area (Å²) in [5.74, 6) is -0.720. The van der Waals surface area contributed by atoms with Gasteiger partial charge in [-0.15, -0.1) is 0 Å². The molecule has 158 valence electrons. The molecule has 3 aromatic carbocycles. The minimum Gasteiger partial charge on any atom is -0.361 e. The molecule has 0 radical (unpaired) electrons. The number of hydrogen-bond acceptors (Lipinski definition) is 4. The molecule has 4 aromatic rings. The zero-order valence-electron chi connectivity index (χ0n) is 16.1. The van der Waals surface area contributed by atoms with E-state index in [4.69, 9.17) is 16.8 Å². The molecule has 0 aliphatic rings. The van der Waals surface area contributed by atoms with Crippen molar-refractivity contribution in [3.05, 3.63) is 94.6 Å². The van der Waals surface area contributed by atoms with Gasteiger partial charge in [0.15, 0.2) is 0 Å². The highest BCUT2D eigenvalue weighted by atomic mass is 35.5. The van der Waals surface area contributed by atoms with Gasteiger partial charge in [0.05, 0.1) is 4.90 Å². The maximum Gasteiger partial charge on any atom is 0.274 e. The van der Waals surface area contributed by atoms with Gasteiger partial charge in [-0.3, -0.25) is 14.7 Å². The van der Waals surface area contributed by atoms with Gasteiger partial charge >= 0.3 is 0 Å². The molecule has 0 saturated heterocycles. The number of halogens is 1. The van der Waals surface area contributed by atoms with Crippen molar-refractivity contribution < 1.29 is 18.4 Å². The fourth-order valence-corrected chi connectivity index (χ4v) is 4.58. The van der Waals surface area contributed by atoms with E-state index in [1.54, 1.807) is 12.1 Å². The third kappa shape index (κ3) is 4.56. The van der Waals surface area contributed by atoms with Gasteiger partial charge in [0.25, 0.3) is 15.9 Å². The summed E-state index contributed by atoms with van der Waals surface area (Å²) in [5.41, 5.74) is 5.01. The number of carbonyl (C=O) groups excluding carboxylic acids is 1. The number of aromatic amines is 1. The van der Waals surface area contributed by atoms with E-state index in [1.807, 2.05) is 36.5 Å². The van der Waals surface area contributed by atoms with E-state index >= 15 is 0 Å². The number of sulfonamides is 1. The molecule has 0 aliphatic heterocycles. The molecule has 4 N–H and O–H groups in total. The standard InChI is InChI=1S/C22H18ClN3O4S/c23-17-3-1-2-14(11-17)10-16-13-24-21-9-6-18(12-20(16)21)26-31(29,30)19-7-4-15(5-8-19)22(27)25-28/h1-9,11-13,24,26,28H,10H2,(H,25,27). The third-order valence-electron chi connectivity index (χ3n) is 4.83. The lowest BCUT2D eigenvalue weighted by Gasteiger charge is -2.09. The number of fused-ring (bicyclic) bond motifs is 1. The normalized spacial score (nSPS) is 11.4. The summed E-state index contributed by atoms with van der Waals surface area (Å²) < 4.78 is 28.1. The van der Waals surface area contributed by atoms with Crippen molar-refractivity contribution in [2.75, 3.05) is 4.72 Å². The van der Waals surface area contributed by atoms with E-state index in [2.05, 4.69) is 9.71 Å². The topological polar surface area (TPSA) is 111 Å². The van der Waals surface area contributed by atoms with E-state index in [0.717, 1.165) is 22.0 Å². The smallest absolute Gasteiger partial charge is 0.274 e. The van der Waals surface area contributed by atoms with Crippen LogP contribution in [0.4, 0.5) is 5.69 Å². The molecule has 0 aliphatic carbocycles. The fourth-order valence-electron chi connectivity index (χ4n) is 3.32. The molecule has 31 heavy (non-hydrogen) atoms. The monoisotopic (exact) mass is 455 g/mol. The molecular formula is C22H18ClN3O4S. The second-order valence-electron chi connectivity index (χ2n) is 6.95. The van der Waals surface area contributed by atoms with Crippen molar-refractivity contribution in [3.63, 3.8) is 0 Å².